The zero-order valence-corrected chi connectivity index (χ0v) is 14.9. The molecule has 2 N–H and O–H groups in total. The average Bonchev–Trinajstić information content (AvgIpc) is 2.55. The van der Waals surface area contributed by atoms with Gasteiger partial charge in [0.15, 0.2) is 0 Å². The number of nitrogens with zero attached hydrogens (tertiary/aromatic N) is 1. The van der Waals surface area contributed by atoms with Crippen LogP contribution in [0.3, 0.4) is 0 Å². The molecule has 2 heterocycles. The van der Waals surface area contributed by atoms with Crippen LogP contribution in [0.15, 0.2) is 29.2 Å². The number of nitrogens with one attached hydrogen (secondary N) is 2. The van der Waals surface area contributed by atoms with Gasteiger partial charge in [-0.3, -0.25) is 4.79 Å². The molecule has 24 heavy (non-hydrogen) atoms. The minimum absolute atomic E-state index is 0.0683. The third-order valence-electron chi connectivity index (χ3n) is 4.98. The lowest BCUT2D eigenvalue weighted by Crippen LogP contribution is -2.52. The summed E-state index contributed by atoms with van der Waals surface area (Å²) in [6.45, 7) is 4.46. The van der Waals surface area contributed by atoms with Crippen molar-refractivity contribution in [2.45, 2.75) is 37.5 Å². The van der Waals surface area contributed by atoms with Crippen LogP contribution in [-0.4, -0.2) is 44.8 Å². The van der Waals surface area contributed by atoms with E-state index in [2.05, 4.69) is 10.6 Å². The molecular formula is C17H25N3O3S. The van der Waals surface area contributed by atoms with Gasteiger partial charge in [-0.25, -0.2) is 8.42 Å². The summed E-state index contributed by atoms with van der Waals surface area (Å²) >= 11 is 0. The van der Waals surface area contributed by atoms with E-state index in [9.17, 15) is 13.2 Å². The summed E-state index contributed by atoms with van der Waals surface area (Å²) in [6.07, 6.45) is 4.16. The Morgan fingerprint density at radius 3 is 2.79 bits per heavy atom. The highest BCUT2D eigenvalue weighted by Gasteiger charge is 2.40. The second-order valence-corrected chi connectivity index (χ2v) is 8.87. The maximum Gasteiger partial charge on any atom is 0.243 e. The van der Waals surface area contributed by atoms with Crippen LogP contribution >= 0.6 is 0 Å². The van der Waals surface area contributed by atoms with E-state index < -0.39 is 10.0 Å². The van der Waals surface area contributed by atoms with Crippen molar-refractivity contribution < 1.29 is 13.2 Å². The summed E-state index contributed by atoms with van der Waals surface area (Å²) in [5, 5.41) is 6.06. The quantitative estimate of drug-likeness (QED) is 0.870. The molecule has 7 heteroatoms. The summed E-state index contributed by atoms with van der Waals surface area (Å²) < 4.78 is 27.7. The van der Waals surface area contributed by atoms with Gasteiger partial charge in [0, 0.05) is 32.2 Å². The van der Waals surface area contributed by atoms with Gasteiger partial charge in [0.2, 0.25) is 15.9 Å². The van der Waals surface area contributed by atoms with Crippen LogP contribution in [0.1, 0.15) is 32.6 Å². The van der Waals surface area contributed by atoms with Gasteiger partial charge in [-0.15, -0.1) is 0 Å². The van der Waals surface area contributed by atoms with Gasteiger partial charge < -0.3 is 10.6 Å². The number of rotatable bonds is 3. The number of sulfonamides is 1. The number of carbonyl (C=O) groups is 1. The first-order valence-corrected chi connectivity index (χ1v) is 9.94. The van der Waals surface area contributed by atoms with Gasteiger partial charge in [-0.05, 0) is 55.8 Å². The van der Waals surface area contributed by atoms with Crippen LogP contribution in [0, 0.1) is 5.41 Å². The fraction of sp³-hybridized carbons (Fsp3) is 0.588. The molecule has 0 bridgehead atoms. The van der Waals surface area contributed by atoms with Crippen molar-refractivity contribution in [1.29, 1.82) is 0 Å². The largest absolute Gasteiger partial charge is 0.326 e. The second kappa shape index (κ2) is 6.82. The van der Waals surface area contributed by atoms with E-state index >= 15 is 0 Å². The topological polar surface area (TPSA) is 78.5 Å². The van der Waals surface area contributed by atoms with Crippen molar-refractivity contribution >= 4 is 21.6 Å². The Kier molecular flexibility index (Phi) is 4.94. The molecule has 1 atom stereocenters. The lowest BCUT2D eigenvalue weighted by atomic mass is 9.75. The molecule has 6 nitrogen and oxygen atoms in total. The number of piperidine rings is 2. The molecule has 0 aliphatic carbocycles. The number of anilines is 1. The molecule has 1 amide bonds. The average molecular weight is 351 g/mol. The summed E-state index contributed by atoms with van der Waals surface area (Å²) in [6, 6.07) is 6.50. The monoisotopic (exact) mass is 351 g/mol. The van der Waals surface area contributed by atoms with Gasteiger partial charge in [-0.2, -0.15) is 4.31 Å². The van der Waals surface area contributed by atoms with E-state index in [0.29, 0.717) is 18.8 Å². The zero-order valence-electron chi connectivity index (χ0n) is 14.0. The van der Waals surface area contributed by atoms with E-state index in [0.717, 1.165) is 38.8 Å². The molecule has 132 valence electrons. The van der Waals surface area contributed by atoms with Crippen molar-refractivity contribution in [2.24, 2.45) is 5.41 Å². The smallest absolute Gasteiger partial charge is 0.243 e. The molecule has 1 unspecified atom stereocenters. The van der Waals surface area contributed by atoms with Crippen molar-refractivity contribution in [3.63, 3.8) is 0 Å². The first-order chi connectivity index (χ1) is 11.4. The first kappa shape index (κ1) is 17.4. The van der Waals surface area contributed by atoms with Gasteiger partial charge in [0.05, 0.1) is 4.90 Å². The Labute approximate surface area is 143 Å². The molecule has 1 spiro atoms. The summed E-state index contributed by atoms with van der Waals surface area (Å²) in [4.78, 5) is 11.4. The molecule has 2 aliphatic rings. The first-order valence-electron chi connectivity index (χ1n) is 8.50. The zero-order chi connectivity index (χ0) is 17.2. The lowest BCUT2D eigenvalue weighted by molar-refractivity contribution is -0.114. The van der Waals surface area contributed by atoms with Crippen molar-refractivity contribution in [3.8, 4) is 0 Å². The molecule has 2 fully saturated rings. The van der Waals surface area contributed by atoms with Crippen LogP contribution in [0.5, 0.6) is 0 Å². The van der Waals surface area contributed by atoms with Gasteiger partial charge in [0.1, 0.15) is 0 Å². The van der Waals surface area contributed by atoms with Gasteiger partial charge >= 0.3 is 0 Å². The number of hydrogen-bond acceptors (Lipinski definition) is 4. The molecule has 0 aromatic heterocycles. The van der Waals surface area contributed by atoms with E-state index in [-0.39, 0.29) is 16.2 Å². The summed E-state index contributed by atoms with van der Waals surface area (Å²) in [5.41, 5.74) is 0.577. The maximum absolute atomic E-state index is 13.0. The molecular weight excluding hydrogens is 326 g/mol. The predicted octanol–water partition coefficient (Wildman–Crippen LogP) is 1.80. The number of hydrogen-bond donors (Lipinski definition) is 2. The third-order valence-corrected chi connectivity index (χ3v) is 6.82. The summed E-state index contributed by atoms with van der Waals surface area (Å²) in [5.74, 6) is -0.213. The molecule has 1 aromatic rings. The van der Waals surface area contributed by atoms with E-state index in [1.54, 1.807) is 22.5 Å². The Bertz CT molecular complexity index is 706. The normalized spacial score (nSPS) is 25.5. The Balaban J connectivity index is 1.83. The molecule has 2 aliphatic heterocycles. The van der Waals surface area contributed by atoms with Crippen LogP contribution in [0.2, 0.25) is 0 Å². The minimum Gasteiger partial charge on any atom is -0.326 e. The SMILES string of the molecule is CC(=O)Nc1cccc(S(=O)(=O)N2CCCC3(CCCNC3)C2)c1. The van der Waals surface area contributed by atoms with Crippen LogP contribution in [-0.2, 0) is 14.8 Å². The molecule has 0 radical (unpaired) electrons. The Morgan fingerprint density at radius 2 is 2.08 bits per heavy atom. The van der Waals surface area contributed by atoms with Crippen LogP contribution in [0.4, 0.5) is 5.69 Å². The van der Waals surface area contributed by atoms with Crippen LogP contribution < -0.4 is 10.6 Å². The fourth-order valence-electron chi connectivity index (χ4n) is 3.83. The number of benzene rings is 1. The summed E-state index contributed by atoms with van der Waals surface area (Å²) in [7, 11) is -3.54. The van der Waals surface area contributed by atoms with Crippen LogP contribution in [0.25, 0.3) is 0 Å². The molecule has 0 saturated carbocycles. The van der Waals surface area contributed by atoms with Crippen molar-refractivity contribution in [2.75, 3.05) is 31.5 Å². The molecule has 3 rings (SSSR count). The van der Waals surface area contributed by atoms with E-state index in [4.69, 9.17) is 0 Å². The minimum atomic E-state index is -3.54. The molecule has 2 saturated heterocycles. The second-order valence-electron chi connectivity index (χ2n) is 6.93. The highest BCUT2D eigenvalue weighted by molar-refractivity contribution is 7.89. The van der Waals surface area contributed by atoms with Crippen molar-refractivity contribution in [3.05, 3.63) is 24.3 Å². The highest BCUT2D eigenvalue weighted by Crippen LogP contribution is 2.37. The highest BCUT2D eigenvalue weighted by atomic mass is 32.2. The van der Waals surface area contributed by atoms with Gasteiger partial charge in [-0.1, -0.05) is 6.07 Å². The fourth-order valence-corrected chi connectivity index (χ4v) is 5.47. The van der Waals surface area contributed by atoms with Crippen molar-refractivity contribution in [1.82, 2.24) is 9.62 Å². The lowest BCUT2D eigenvalue weighted by Gasteiger charge is -2.44. The number of amides is 1. The standard InChI is InChI=1S/C17H25N3O3S/c1-14(21)19-15-5-2-6-16(11-15)24(22,23)20-10-4-8-17(13-20)7-3-9-18-12-17/h2,5-6,11,18H,3-4,7-10,12-13H2,1H3,(H,19,21). The Morgan fingerprint density at radius 1 is 1.29 bits per heavy atom. The molecule has 1 aromatic carbocycles. The van der Waals surface area contributed by atoms with Gasteiger partial charge in [0.25, 0.3) is 0 Å². The maximum atomic E-state index is 13.0. The van der Waals surface area contributed by atoms with E-state index in [1.165, 1.54) is 13.0 Å². The third kappa shape index (κ3) is 3.63. The predicted molar refractivity (Wildman–Crippen MR) is 93.3 cm³/mol. The number of carbonyl (C=O) groups excluding carboxylic acids is 1. The van der Waals surface area contributed by atoms with E-state index in [1.807, 2.05) is 0 Å². The Hall–Kier alpha value is -1.44.